The molecule has 1 amide bonds. The largest absolute Gasteiger partial charge is 0.416 e. The second-order valence-corrected chi connectivity index (χ2v) is 6.15. The molecule has 2 nitrogen and oxygen atoms in total. The molecule has 0 bridgehead atoms. The van der Waals surface area contributed by atoms with Crippen molar-refractivity contribution in [2.75, 3.05) is 5.75 Å². The maximum atomic E-state index is 13.5. The number of alkyl halides is 3. The molecule has 24 heavy (non-hydrogen) atoms. The summed E-state index contributed by atoms with van der Waals surface area (Å²) in [5.74, 6) is -0.701. The monoisotopic (exact) mass is 357 g/mol. The van der Waals surface area contributed by atoms with Gasteiger partial charge >= 0.3 is 6.18 Å². The summed E-state index contributed by atoms with van der Waals surface area (Å²) in [6, 6.07) is 10.3. The first kappa shape index (κ1) is 18.3. The van der Waals surface area contributed by atoms with Gasteiger partial charge in [-0.1, -0.05) is 24.3 Å². The van der Waals surface area contributed by atoms with Gasteiger partial charge in [0.1, 0.15) is 5.82 Å². The number of carbonyl (C=O) groups is 1. The summed E-state index contributed by atoms with van der Waals surface area (Å²) in [5.41, 5.74) is -0.174. The molecule has 2 aromatic carbocycles. The minimum absolute atomic E-state index is 0.0198. The van der Waals surface area contributed by atoms with Crippen molar-refractivity contribution in [2.24, 2.45) is 0 Å². The predicted molar refractivity (Wildman–Crippen MR) is 85.1 cm³/mol. The molecule has 0 spiro atoms. The molecule has 0 heterocycles. The molecule has 0 aromatic heterocycles. The topological polar surface area (TPSA) is 29.1 Å². The van der Waals surface area contributed by atoms with E-state index in [-0.39, 0.29) is 11.7 Å². The van der Waals surface area contributed by atoms with E-state index in [2.05, 4.69) is 5.32 Å². The standard InChI is InChI=1S/C17H15F4NOS/c1-11(12-6-8-13(9-7-12)17(19,20)21)22-16(23)10-24-15-5-3-2-4-14(15)18/h2-9,11H,10H2,1H3,(H,22,23). The Morgan fingerprint density at radius 3 is 2.33 bits per heavy atom. The maximum Gasteiger partial charge on any atom is 0.416 e. The Bertz CT molecular complexity index is 700. The first-order valence-corrected chi connectivity index (χ1v) is 8.10. The molecule has 7 heteroatoms. The van der Waals surface area contributed by atoms with Crippen LogP contribution in [0.2, 0.25) is 0 Å². The molecule has 2 aromatic rings. The number of halogens is 4. The highest BCUT2D eigenvalue weighted by Gasteiger charge is 2.30. The smallest absolute Gasteiger partial charge is 0.349 e. The van der Waals surface area contributed by atoms with Gasteiger partial charge in [-0.05, 0) is 36.8 Å². The van der Waals surface area contributed by atoms with Gasteiger partial charge in [0, 0.05) is 4.90 Å². The lowest BCUT2D eigenvalue weighted by molar-refractivity contribution is -0.137. The zero-order valence-electron chi connectivity index (χ0n) is 12.7. The van der Waals surface area contributed by atoms with Crippen molar-refractivity contribution in [3.63, 3.8) is 0 Å². The van der Waals surface area contributed by atoms with E-state index in [1.807, 2.05) is 0 Å². The van der Waals surface area contributed by atoms with E-state index in [0.29, 0.717) is 10.5 Å². The molecule has 0 saturated carbocycles. The van der Waals surface area contributed by atoms with Gasteiger partial charge in [-0.25, -0.2) is 4.39 Å². The first-order valence-electron chi connectivity index (χ1n) is 7.11. The summed E-state index contributed by atoms with van der Waals surface area (Å²) < 4.78 is 51.0. The van der Waals surface area contributed by atoms with Gasteiger partial charge in [0.2, 0.25) is 5.91 Å². The fourth-order valence-corrected chi connectivity index (χ4v) is 2.78. The van der Waals surface area contributed by atoms with Crippen molar-refractivity contribution in [1.29, 1.82) is 0 Å². The van der Waals surface area contributed by atoms with Gasteiger partial charge in [0.25, 0.3) is 0 Å². The number of carbonyl (C=O) groups excluding carboxylic acids is 1. The molecule has 1 N–H and O–H groups in total. The molecule has 1 atom stereocenters. The van der Waals surface area contributed by atoms with Crippen LogP contribution < -0.4 is 5.32 Å². The van der Waals surface area contributed by atoms with Gasteiger partial charge in [0.05, 0.1) is 17.4 Å². The molecule has 0 aliphatic rings. The van der Waals surface area contributed by atoms with Crippen LogP contribution in [0.4, 0.5) is 17.6 Å². The van der Waals surface area contributed by atoms with Crippen LogP contribution in [0.5, 0.6) is 0 Å². The summed E-state index contributed by atoms with van der Waals surface area (Å²) in [6.07, 6.45) is -4.39. The molecule has 0 fully saturated rings. The lowest BCUT2D eigenvalue weighted by Crippen LogP contribution is -2.28. The van der Waals surface area contributed by atoms with E-state index < -0.39 is 23.6 Å². The van der Waals surface area contributed by atoms with Crippen LogP contribution >= 0.6 is 11.8 Å². The highest BCUT2D eigenvalue weighted by molar-refractivity contribution is 8.00. The zero-order valence-corrected chi connectivity index (χ0v) is 13.5. The fraction of sp³-hybridized carbons (Fsp3) is 0.235. The molecule has 0 aliphatic carbocycles. The lowest BCUT2D eigenvalue weighted by atomic mass is 10.1. The van der Waals surface area contributed by atoms with Gasteiger partial charge in [-0.15, -0.1) is 11.8 Å². The Balaban J connectivity index is 1.90. The van der Waals surface area contributed by atoms with Crippen molar-refractivity contribution in [2.45, 2.75) is 24.0 Å². The fourth-order valence-electron chi connectivity index (χ4n) is 2.03. The Morgan fingerprint density at radius 2 is 1.75 bits per heavy atom. The highest BCUT2D eigenvalue weighted by Crippen LogP contribution is 2.30. The van der Waals surface area contributed by atoms with Gasteiger partial charge < -0.3 is 5.32 Å². The Hall–Kier alpha value is -2.02. The van der Waals surface area contributed by atoms with Crippen molar-refractivity contribution in [3.8, 4) is 0 Å². The average molecular weight is 357 g/mol. The SMILES string of the molecule is CC(NC(=O)CSc1ccccc1F)c1ccc(C(F)(F)F)cc1. The third-order valence-corrected chi connectivity index (χ3v) is 4.36. The highest BCUT2D eigenvalue weighted by atomic mass is 32.2. The van der Waals surface area contributed by atoms with Gasteiger partial charge in [-0.3, -0.25) is 4.79 Å². The molecule has 0 radical (unpaired) electrons. The van der Waals surface area contributed by atoms with Crippen LogP contribution in [-0.4, -0.2) is 11.7 Å². The Kier molecular flexibility index (Phi) is 5.88. The quantitative estimate of drug-likeness (QED) is 0.614. The number of hydrogen-bond donors (Lipinski definition) is 1. The Labute approximate surface area is 141 Å². The third kappa shape index (κ3) is 4.99. The first-order chi connectivity index (χ1) is 11.3. The average Bonchev–Trinajstić information content (AvgIpc) is 2.53. The molecule has 128 valence electrons. The summed E-state index contributed by atoms with van der Waals surface area (Å²) in [5, 5.41) is 2.68. The number of nitrogens with one attached hydrogen (secondary N) is 1. The second-order valence-electron chi connectivity index (χ2n) is 5.13. The molecular formula is C17H15F4NOS. The predicted octanol–water partition coefficient (Wildman–Crippen LogP) is 4.81. The minimum atomic E-state index is -4.39. The van der Waals surface area contributed by atoms with Crippen LogP contribution in [0.3, 0.4) is 0 Å². The summed E-state index contributed by atoms with van der Waals surface area (Å²) in [4.78, 5) is 12.3. The Morgan fingerprint density at radius 1 is 1.12 bits per heavy atom. The van der Waals surface area contributed by atoms with Crippen molar-refractivity contribution >= 4 is 17.7 Å². The number of benzene rings is 2. The molecule has 1 unspecified atom stereocenters. The summed E-state index contributed by atoms with van der Waals surface area (Å²) in [6.45, 7) is 1.67. The molecule has 2 rings (SSSR count). The van der Waals surface area contributed by atoms with Crippen molar-refractivity contribution in [3.05, 3.63) is 65.5 Å². The van der Waals surface area contributed by atoms with Crippen LogP contribution in [0.25, 0.3) is 0 Å². The third-order valence-electron chi connectivity index (χ3n) is 3.31. The van der Waals surface area contributed by atoms with Crippen LogP contribution in [0, 0.1) is 5.82 Å². The molecular weight excluding hydrogens is 342 g/mol. The van der Waals surface area contributed by atoms with Crippen LogP contribution in [-0.2, 0) is 11.0 Å². The van der Waals surface area contributed by atoms with Crippen LogP contribution in [0.15, 0.2) is 53.4 Å². The van der Waals surface area contributed by atoms with E-state index in [4.69, 9.17) is 0 Å². The number of hydrogen-bond acceptors (Lipinski definition) is 2. The van der Waals surface area contributed by atoms with E-state index in [1.54, 1.807) is 25.1 Å². The number of rotatable bonds is 5. The van der Waals surface area contributed by atoms with E-state index in [1.165, 1.54) is 18.2 Å². The maximum absolute atomic E-state index is 13.5. The number of thioether (sulfide) groups is 1. The van der Waals surface area contributed by atoms with E-state index in [0.717, 1.165) is 23.9 Å². The van der Waals surface area contributed by atoms with E-state index >= 15 is 0 Å². The number of amides is 1. The van der Waals surface area contributed by atoms with Crippen molar-refractivity contribution in [1.82, 2.24) is 5.32 Å². The minimum Gasteiger partial charge on any atom is -0.349 e. The molecule has 0 aliphatic heterocycles. The molecule has 0 saturated heterocycles. The van der Waals surface area contributed by atoms with Crippen LogP contribution in [0.1, 0.15) is 24.1 Å². The summed E-state index contributed by atoms with van der Waals surface area (Å²) >= 11 is 1.06. The summed E-state index contributed by atoms with van der Waals surface area (Å²) in [7, 11) is 0. The van der Waals surface area contributed by atoms with Gasteiger partial charge in [0.15, 0.2) is 0 Å². The van der Waals surface area contributed by atoms with Crippen molar-refractivity contribution < 1.29 is 22.4 Å². The zero-order chi connectivity index (χ0) is 17.7. The normalized spacial score (nSPS) is 12.7. The lowest BCUT2D eigenvalue weighted by Gasteiger charge is -2.15. The van der Waals surface area contributed by atoms with E-state index in [9.17, 15) is 22.4 Å². The second kappa shape index (κ2) is 7.70. The van der Waals surface area contributed by atoms with Gasteiger partial charge in [-0.2, -0.15) is 13.2 Å².